The molecule has 0 unspecified atom stereocenters. The number of nitrogens with one attached hydrogen (secondary N) is 1. The number of unbranched alkanes of at least 4 members (excludes halogenated alkanes) is 2. The lowest BCUT2D eigenvalue weighted by Gasteiger charge is -2.34. The second-order valence-corrected chi connectivity index (χ2v) is 5.28. The average Bonchev–Trinajstić information content (AvgIpc) is 2.41. The Bertz CT molecular complexity index is 295. The van der Waals surface area contributed by atoms with Crippen molar-refractivity contribution in [3.8, 4) is 0 Å². The predicted octanol–water partition coefficient (Wildman–Crippen LogP) is 1.27. The molecule has 0 aliphatic heterocycles. The fraction of sp³-hybridized carbons (Fsp3) is 0.786. The van der Waals surface area contributed by atoms with Crippen molar-refractivity contribution < 1.29 is 18.9 Å². The van der Waals surface area contributed by atoms with E-state index in [0.717, 1.165) is 43.3 Å². The van der Waals surface area contributed by atoms with Crippen LogP contribution in [0.2, 0.25) is 0 Å². The van der Waals surface area contributed by atoms with Gasteiger partial charge in [0, 0.05) is 0 Å². The standard InChI is InChI=1S/C14H26N2O3/c1-4-6-9-16(3,10-7-5-2)11-8-13(18)15-14(19)12-17/h12H,4-11H2,1-3H3/p+1. The third-order valence-electron chi connectivity index (χ3n) is 3.35. The second kappa shape index (κ2) is 9.67. The zero-order chi connectivity index (χ0) is 14.7. The highest BCUT2D eigenvalue weighted by molar-refractivity contribution is 6.27. The predicted molar refractivity (Wildman–Crippen MR) is 74.4 cm³/mol. The van der Waals surface area contributed by atoms with Crippen molar-refractivity contribution >= 4 is 18.1 Å². The molecule has 0 aromatic rings. The van der Waals surface area contributed by atoms with Crippen molar-refractivity contribution in [3.63, 3.8) is 0 Å². The summed E-state index contributed by atoms with van der Waals surface area (Å²) >= 11 is 0. The van der Waals surface area contributed by atoms with Crippen LogP contribution in [0.15, 0.2) is 0 Å². The van der Waals surface area contributed by atoms with Crippen LogP contribution in [0.25, 0.3) is 0 Å². The van der Waals surface area contributed by atoms with Gasteiger partial charge in [-0.2, -0.15) is 0 Å². The molecule has 2 amide bonds. The lowest BCUT2D eigenvalue weighted by Crippen LogP contribution is -2.48. The summed E-state index contributed by atoms with van der Waals surface area (Å²) in [6.07, 6.45) is 4.94. The molecule has 0 aromatic carbocycles. The molecule has 0 heterocycles. The first-order chi connectivity index (χ1) is 8.97. The highest BCUT2D eigenvalue weighted by Crippen LogP contribution is 2.10. The maximum absolute atomic E-state index is 11.5. The molecule has 0 aliphatic rings. The Kier molecular flexibility index (Phi) is 9.04. The normalized spacial score (nSPS) is 11.1. The van der Waals surface area contributed by atoms with Crippen LogP contribution >= 0.6 is 0 Å². The van der Waals surface area contributed by atoms with Crippen LogP contribution in [-0.4, -0.2) is 49.3 Å². The number of hydrogen-bond acceptors (Lipinski definition) is 3. The zero-order valence-electron chi connectivity index (χ0n) is 12.4. The van der Waals surface area contributed by atoms with Gasteiger partial charge >= 0.3 is 0 Å². The van der Waals surface area contributed by atoms with Gasteiger partial charge in [-0.05, 0) is 12.8 Å². The Morgan fingerprint density at radius 1 is 1.05 bits per heavy atom. The summed E-state index contributed by atoms with van der Waals surface area (Å²) < 4.78 is 0.852. The first-order valence-corrected chi connectivity index (χ1v) is 7.10. The quantitative estimate of drug-likeness (QED) is 0.370. The largest absolute Gasteiger partial charge is 0.326 e. The van der Waals surface area contributed by atoms with E-state index in [0.29, 0.717) is 6.54 Å². The Morgan fingerprint density at radius 2 is 1.58 bits per heavy atom. The minimum Gasteiger partial charge on any atom is -0.326 e. The summed E-state index contributed by atoms with van der Waals surface area (Å²) in [5, 5.41) is 2.06. The molecular formula is C14H27N2O3+. The van der Waals surface area contributed by atoms with Crippen molar-refractivity contribution in [2.75, 3.05) is 26.7 Å². The molecule has 0 fully saturated rings. The summed E-state index contributed by atoms with van der Waals surface area (Å²) in [6.45, 7) is 7.11. The molecule has 1 N–H and O–H groups in total. The monoisotopic (exact) mass is 271 g/mol. The SMILES string of the molecule is CCCC[N+](C)(CCCC)CCC(=O)NC(=O)C=O. The number of rotatable bonds is 10. The Hall–Kier alpha value is -1.23. The van der Waals surface area contributed by atoms with E-state index < -0.39 is 5.91 Å². The summed E-state index contributed by atoms with van der Waals surface area (Å²) in [7, 11) is 2.15. The first-order valence-electron chi connectivity index (χ1n) is 7.10. The lowest BCUT2D eigenvalue weighted by atomic mass is 10.2. The molecule has 5 nitrogen and oxygen atoms in total. The van der Waals surface area contributed by atoms with Crippen LogP contribution < -0.4 is 5.32 Å². The van der Waals surface area contributed by atoms with Gasteiger partial charge in [-0.1, -0.05) is 26.7 Å². The summed E-state index contributed by atoms with van der Waals surface area (Å²) in [5.74, 6) is -1.23. The van der Waals surface area contributed by atoms with Crippen molar-refractivity contribution in [2.45, 2.75) is 46.0 Å². The molecule has 0 radical (unpaired) electrons. The lowest BCUT2D eigenvalue weighted by molar-refractivity contribution is -0.909. The van der Waals surface area contributed by atoms with Gasteiger partial charge in [0.05, 0.1) is 33.1 Å². The highest BCUT2D eigenvalue weighted by atomic mass is 16.2. The van der Waals surface area contributed by atoms with E-state index in [4.69, 9.17) is 0 Å². The zero-order valence-corrected chi connectivity index (χ0v) is 12.4. The third kappa shape index (κ3) is 8.48. The van der Waals surface area contributed by atoms with E-state index in [2.05, 4.69) is 26.2 Å². The molecule has 0 aromatic heterocycles. The molecule has 19 heavy (non-hydrogen) atoms. The van der Waals surface area contributed by atoms with E-state index in [-0.39, 0.29) is 18.6 Å². The van der Waals surface area contributed by atoms with Crippen molar-refractivity contribution in [1.29, 1.82) is 0 Å². The van der Waals surface area contributed by atoms with Crippen LogP contribution in [0.1, 0.15) is 46.0 Å². The fourth-order valence-corrected chi connectivity index (χ4v) is 2.02. The molecule has 0 bridgehead atoms. The van der Waals surface area contributed by atoms with E-state index >= 15 is 0 Å². The summed E-state index contributed by atoms with van der Waals surface area (Å²) in [4.78, 5) is 32.4. The van der Waals surface area contributed by atoms with E-state index in [9.17, 15) is 14.4 Å². The molecule has 5 heteroatoms. The number of quaternary nitrogens is 1. The van der Waals surface area contributed by atoms with Crippen molar-refractivity contribution in [3.05, 3.63) is 0 Å². The number of nitrogens with zero attached hydrogens (tertiary/aromatic N) is 1. The van der Waals surface area contributed by atoms with Crippen LogP contribution in [0, 0.1) is 0 Å². The summed E-state index contributed by atoms with van der Waals surface area (Å²) in [6, 6.07) is 0. The maximum atomic E-state index is 11.5. The van der Waals surface area contributed by atoms with E-state index in [1.54, 1.807) is 0 Å². The molecule has 0 aliphatic carbocycles. The van der Waals surface area contributed by atoms with Gasteiger partial charge in [-0.25, -0.2) is 0 Å². The number of imide groups is 1. The Balaban J connectivity index is 4.26. The summed E-state index contributed by atoms with van der Waals surface area (Å²) in [5.41, 5.74) is 0. The molecule has 0 rings (SSSR count). The number of hydrogen-bond donors (Lipinski definition) is 1. The van der Waals surface area contributed by atoms with Gasteiger partial charge in [0.25, 0.3) is 5.91 Å². The number of carbonyl (C=O) groups is 3. The van der Waals surface area contributed by atoms with Gasteiger partial charge in [0.2, 0.25) is 12.2 Å². The van der Waals surface area contributed by atoms with Gasteiger partial charge in [-0.3, -0.25) is 19.7 Å². The van der Waals surface area contributed by atoms with Crippen LogP contribution in [-0.2, 0) is 14.4 Å². The Morgan fingerprint density at radius 3 is 2.00 bits per heavy atom. The second-order valence-electron chi connectivity index (χ2n) is 5.28. The average molecular weight is 271 g/mol. The number of aldehydes is 1. The third-order valence-corrected chi connectivity index (χ3v) is 3.35. The van der Waals surface area contributed by atoms with Crippen LogP contribution in [0.4, 0.5) is 0 Å². The smallest absolute Gasteiger partial charge is 0.290 e. The van der Waals surface area contributed by atoms with Gasteiger partial charge in [-0.15, -0.1) is 0 Å². The van der Waals surface area contributed by atoms with Crippen molar-refractivity contribution in [2.24, 2.45) is 0 Å². The molecule has 0 saturated heterocycles. The first kappa shape index (κ1) is 17.8. The topological polar surface area (TPSA) is 63.2 Å². The molecular weight excluding hydrogens is 244 g/mol. The minimum absolute atomic E-state index is 0.125. The highest BCUT2D eigenvalue weighted by Gasteiger charge is 2.22. The Labute approximate surface area is 115 Å². The van der Waals surface area contributed by atoms with Crippen LogP contribution in [0.5, 0.6) is 0 Å². The molecule has 0 saturated carbocycles. The van der Waals surface area contributed by atoms with Gasteiger partial charge in [0.1, 0.15) is 0 Å². The maximum Gasteiger partial charge on any atom is 0.290 e. The van der Waals surface area contributed by atoms with Gasteiger partial charge in [0.15, 0.2) is 0 Å². The fourth-order valence-electron chi connectivity index (χ4n) is 2.02. The van der Waals surface area contributed by atoms with E-state index in [1.165, 1.54) is 0 Å². The number of amides is 2. The molecule has 110 valence electrons. The van der Waals surface area contributed by atoms with Crippen molar-refractivity contribution in [1.82, 2.24) is 5.32 Å². The molecule has 0 atom stereocenters. The van der Waals surface area contributed by atoms with E-state index in [1.807, 2.05) is 0 Å². The molecule has 0 spiro atoms. The number of carbonyl (C=O) groups excluding carboxylic acids is 3. The van der Waals surface area contributed by atoms with Crippen LogP contribution in [0.3, 0.4) is 0 Å². The minimum atomic E-state index is -0.860. The van der Waals surface area contributed by atoms with Gasteiger partial charge < -0.3 is 4.48 Å².